The number of carbonyl (C=O) groups excluding carboxylic acids is 2. The molecule has 1 saturated heterocycles. The molecule has 5 nitrogen and oxygen atoms in total. The number of hydrogen-bond acceptors (Lipinski definition) is 5. The molecule has 1 heterocycles. The number of hydrogen-bond donors (Lipinski definition) is 0. The van der Waals surface area contributed by atoms with Crippen molar-refractivity contribution >= 4 is 44.9 Å². The van der Waals surface area contributed by atoms with Crippen LogP contribution in [0.5, 0.6) is 11.5 Å². The Kier molecular flexibility index (Phi) is 6.68. The Balaban J connectivity index is 1.83. The number of ether oxygens (including phenoxy) is 2. The predicted octanol–water partition coefficient (Wildman–Crippen LogP) is 5.01. The first-order chi connectivity index (χ1) is 13.9. The smallest absolute Gasteiger partial charge is 0.294 e. The zero-order valence-corrected chi connectivity index (χ0v) is 18.3. The van der Waals surface area contributed by atoms with Crippen molar-refractivity contribution < 1.29 is 19.1 Å². The zero-order valence-electron chi connectivity index (χ0n) is 15.9. The Morgan fingerprint density at radius 3 is 2.59 bits per heavy atom. The van der Waals surface area contributed by atoms with Crippen LogP contribution in [0.15, 0.2) is 45.8 Å². The van der Waals surface area contributed by atoms with Crippen LogP contribution >= 0.6 is 27.7 Å². The number of rotatable bonds is 6. The highest BCUT2D eigenvalue weighted by Gasteiger charge is 2.34. The molecule has 7 heteroatoms. The van der Waals surface area contributed by atoms with Crippen LogP contribution in [-0.2, 0) is 11.4 Å². The third-order valence-electron chi connectivity index (χ3n) is 4.21. The lowest BCUT2D eigenvalue weighted by molar-refractivity contribution is -0.122. The third kappa shape index (κ3) is 4.84. The van der Waals surface area contributed by atoms with Gasteiger partial charge in [0.2, 0.25) is 0 Å². The molecule has 3 rings (SSSR count). The number of nitrogens with zero attached hydrogens (tertiary/aromatic N) is 1. The second-order valence-electron chi connectivity index (χ2n) is 6.27. The summed E-state index contributed by atoms with van der Waals surface area (Å²) in [6.45, 7) is 2.39. The number of terminal acetylenes is 1. The highest BCUT2D eigenvalue weighted by molar-refractivity contribution is 9.10. The number of halogens is 1. The van der Waals surface area contributed by atoms with E-state index in [4.69, 9.17) is 15.9 Å². The fourth-order valence-corrected chi connectivity index (χ4v) is 3.91. The van der Waals surface area contributed by atoms with E-state index in [0.29, 0.717) is 33.0 Å². The average Bonchev–Trinajstić information content (AvgIpc) is 2.97. The number of benzene rings is 2. The second-order valence-corrected chi connectivity index (χ2v) is 8.12. The van der Waals surface area contributed by atoms with E-state index in [9.17, 15) is 9.59 Å². The van der Waals surface area contributed by atoms with Crippen molar-refractivity contribution in [3.63, 3.8) is 0 Å². The summed E-state index contributed by atoms with van der Waals surface area (Å²) in [7, 11) is 1.55. The molecule has 0 aromatic heterocycles. The van der Waals surface area contributed by atoms with E-state index in [1.165, 1.54) is 5.56 Å². The van der Waals surface area contributed by atoms with Crippen LogP contribution in [0.3, 0.4) is 0 Å². The van der Waals surface area contributed by atoms with Gasteiger partial charge in [0, 0.05) is 4.47 Å². The molecule has 148 valence electrons. The Labute approximate surface area is 182 Å². The van der Waals surface area contributed by atoms with E-state index in [0.717, 1.165) is 22.2 Å². The SMILES string of the molecule is C#CCN1C(=O)S/C(=C/c2cc(OC)c(OCc3ccc(C)cc3)cc2Br)C1=O. The minimum Gasteiger partial charge on any atom is -0.493 e. The number of imide groups is 1. The fourth-order valence-electron chi connectivity index (χ4n) is 2.65. The molecule has 0 bridgehead atoms. The van der Waals surface area contributed by atoms with Crippen molar-refractivity contribution in [2.45, 2.75) is 13.5 Å². The van der Waals surface area contributed by atoms with E-state index in [-0.39, 0.29) is 11.8 Å². The summed E-state index contributed by atoms with van der Waals surface area (Å²) in [5.74, 6) is 3.01. The van der Waals surface area contributed by atoms with Gasteiger partial charge < -0.3 is 9.47 Å². The molecular formula is C22H18BrNO4S. The van der Waals surface area contributed by atoms with Gasteiger partial charge in [0.05, 0.1) is 18.6 Å². The molecule has 0 radical (unpaired) electrons. The van der Waals surface area contributed by atoms with Crippen LogP contribution < -0.4 is 9.47 Å². The van der Waals surface area contributed by atoms with Gasteiger partial charge in [0.25, 0.3) is 11.1 Å². The number of carbonyl (C=O) groups is 2. The van der Waals surface area contributed by atoms with Gasteiger partial charge >= 0.3 is 0 Å². The summed E-state index contributed by atoms with van der Waals surface area (Å²) in [6, 6.07) is 11.6. The number of amides is 2. The zero-order chi connectivity index (χ0) is 21.0. The van der Waals surface area contributed by atoms with E-state index >= 15 is 0 Å². The molecule has 1 aliphatic heterocycles. The molecule has 0 atom stereocenters. The van der Waals surface area contributed by atoms with Gasteiger partial charge in [-0.2, -0.15) is 0 Å². The summed E-state index contributed by atoms with van der Waals surface area (Å²) < 4.78 is 12.1. The van der Waals surface area contributed by atoms with Crippen LogP contribution in [0.1, 0.15) is 16.7 Å². The molecule has 29 heavy (non-hydrogen) atoms. The van der Waals surface area contributed by atoms with Gasteiger partial charge in [-0.1, -0.05) is 51.7 Å². The van der Waals surface area contributed by atoms with Gasteiger partial charge in [-0.3, -0.25) is 14.5 Å². The molecule has 1 fully saturated rings. The highest BCUT2D eigenvalue weighted by atomic mass is 79.9. The number of thioether (sulfide) groups is 1. The molecular weight excluding hydrogens is 454 g/mol. The van der Waals surface area contributed by atoms with E-state index in [1.807, 2.05) is 31.2 Å². The molecule has 0 N–H and O–H groups in total. The van der Waals surface area contributed by atoms with Crippen LogP contribution in [-0.4, -0.2) is 29.7 Å². The highest BCUT2D eigenvalue weighted by Crippen LogP contribution is 2.38. The van der Waals surface area contributed by atoms with Crippen LogP contribution in [0, 0.1) is 19.3 Å². The maximum atomic E-state index is 12.4. The number of aryl methyl sites for hydroxylation is 1. The standard InChI is InChI=1S/C22H18BrNO4S/c1-4-9-24-21(25)20(29-22(24)26)11-16-10-18(27-3)19(12-17(16)23)28-13-15-7-5-14(2)6-8-15/h1,5-8,10-12H,9,13H2,2-3H3/b20-11+. The first kappa shape index (κ1) is 21.0. The second kappa shape index (κ2) is 9.21. The maximum Gasteiger partial charge on any atom is 0.294 e. The topological polar surface area (TPSA) is 55.8 Å². The lowest BCUT2D eigenvalue weighted by Gasteiger charge is -2.13. The van der Waals surface area contributed by atoms with Gasteiger partial charge in [-0.15, -0.1) is 6.42 Å². The number of methoxy groups -OCH3 is 1. The first-order valence-electron chi connectivity index (χ1n) is 8.67. The van der Waals surface area contributed by atoms with Gasteiger partial charge in [0.1, 0.15) is 6.61 Å². The van der Waals surface area contributed by atoms with Crippen LogP contribution in [0.4, 0.5) is 4.79 Å². The normalized spacial score (nSPS) is 15.0. The lowest BCUT2D eigenvalue weighted by Crippen LogP contribution is -2.28. The molecule has 2 amide bonds. The van der Waals surface area contributed by atoms with Crippen molar-refractivity contribution in [2.75, 3.05) is 13.7 Å². The summed E-state index contributed by atoms with van der Waals surface area (Å²) in [6.07, 6.45) is 6.86. The fraction of sp³-hybridized carbons (Fsp3) is 0.182. The summed E-state index contributed by atoms with van der Waals surface area (Å²) in [5, 5.41) is -0.375. The molecule has 2 aromatic carbocycles. The van der Waals surface area contributed by atoms with E-state index in [1.54, 1.807) is 25.3 Å². The summed E-state index contributed by atoms with van der Waals surface area (Å²) >= 11 is 4.36. The summed E-state index contributed by atoms with van der Waals surface area (Å²) in [5.41, 5.74) is 2.92. The van der Waals surface area contributed by atoms with Crippen LogP contribution in [0.25, 0.3) is 6.08 Å². The Morgan fingerprint density at radius 2 is 1.93 bits per heavy atom. The molecule has 2 aromatic rings. The third-order valence-corrected chi connectivity index (χ3v) is 5.80. The quantitative estimate of drug-likeness (QED) is 0.437. The van der Waals surface area contributed by atoms with Crippen LogP contribution in [0.2, 0.25) is 0 Å². The predicted molar refractivity (Wildman–Crippen MR) is 118 cm³/mol. The molecule has 0 spiro atoms. The Bertz CT molecular complexity index is 1020. The van der Waals surface area contributed by atoms with Gasteiger partial charge in [-0.25, -0.2) is 0 Å². The van der Waals surface area contributed by atoms with E-state index < -0.39 is 5.91 Å². The van der Waals surface area contributed by atoms with Crippen molar-refractivity contribution in [3.05, 3.63) is 62.5 Å². The van der Waals surface area contributed by atoms with Crippen molar-refractivity contribution in [3.8, 4) is 23.8 Å². The summed E-state index contributed by atoms with van der Waals surface area (Å²) in [4.78, 5) is 25.7. The molecule has 0 unspecified atom stereocenters. The first-order valence-corrected chi connectivity index (χ1v) is 10.3. The Morgan fingerprint density at radius 1 is 1.21 bits per heavy atom. The Hall–Kier alpha value is -2.69. The average molecular weight is 472 g/mol. The van der Waals surface area contributed by atoms with Gasteiger partial charge in [0.15, 0.2) is 11.5 Å². The molecule has 0 saturated carbocycles. The maximum absolute atomic E-state index is 12.4. The molecule has 1 aliphatic rings. The van der Waals surface area contributed by atoms with Crippen molar-refractivity contribution in [2.24, 2.45) is 0 Å². The van der Waals surface area contributed by atoms with Gasteiger partial charge in [-0.05, 0) is 48.0 Å². The molecule has 0 aliphatic carbocycles. The van der Waals surface area contributed by atoms with E-state index in [2.05, 4.69) is 21.9 Å². The lowest BCUT2D eigenvalue weighted by atomic mass is 10.1. The van der Waals surface area contributed by atoms with Crippen molar-refractivity contribution in [1.82, 2.24) is 4.90 Å². The monoisotopic (exact) mass is 471 g/mol. The minimum absolute atomic E-state index is 0.0434. The van der Waals surface area contributed by atoms with Crippen molar-refractivity contribution in [1.29, 1.82) is 0 Å². The minimum atomic E-state index is -0.400. The largest absolute Gasteiger partial charge is 0.493 e.